The lowest BCUT2D eigenvalue weighted by molar-refractivity contribution is 0.280. The van der Waals surface area contributed by atoms with Crippen molar-refractivity contribution in [2.45, 2.75) is 27.4 Å². The summed E-state index contributed by atoms with van der Waals surface area (Å²) in [6.07, 6.45) is 0. The summed E-state index contributed by atoms with van der Waals surface area (Å²) in [5.41, 5.74) is 4.96. The van der Waals surface area contributed by atoms with Crippen molar-refractivity contribution < 1.29 is 5.11 Å². The Balaban J connectivity index is 2.57. The molecule has 2 rings (SSSR count). The Morgan fingerprint density at radius 3 is 2.53 bits per heavy atom. The van der Waals surface area contributed by atoms with Crippen LogP contribution in [0.5, 0.6) is 0 Å². The van der Waals surface area contributed by atoms with Crippen LogP contribution in [0.3, 0.4) is 0 Å². The third-order valence-electron chi connectivity index (χ3n) is 3.00. The molecule has 1 aromatic heterocycles. The van der Waals surface area contributed by atoms with Gasteiger partial charge in [0.15, 0.2) is 0 Å². The normalized spacial score (nSPS) is 10.9. The molecule has 0 saturated heterocycles. The maximum atomic E-state index is 9.30. The Hall–Kier alpha value is -1.13. The minimum Gasteiger partial charge on any atom is -0.392 e. The molecular weight excluding hydrogens is 280 g/mol. The lowest BCUT2D eigenvalue weighted by Gasteiger charge is -2.07. The summed E-state index contributed by atoms with van der Waals surface area (Å²) >= 11 is 3.52. The van der Waals surface area contributed by atoms with Gasteiger partial charge < -0.3 is 5.11 Å². The number of hydrogen-bond acceptors (Lipinski definition) is 2. The summed E-state index contributed by atoms with van der Waals surface area (Å²) < 4.78 is 2.93. The Labute approximate surface area is 109 Å². The molecule has 0 aliphatic carbocycles. The highest BCUT2D eigenvalue weighted by Gasteiger charge is 2.12. The first kappa shape index (κ1) is 12.3. The zero-order chi connectivity index (χ0) is 12.6. The fraction of sp³-hybridized carbons (Fsp3) is 0.308. The molecule has 0 radical (unpaired) electrons. The second-order valence-electron chi connectivity index (χ2n) is 4.15. The fourth-order valence-electron chi connectivity index (χ4n) is 1.87. The lowest BCUT2D eigenvalue weighted by atomic mass is 10.2. The van der Waals surface area contributed by atoms with E-state index in [1.807, 2.05) is 37.6 Å². The smallest absolute Gasteiger partial charge is 0.0718 e. The Morgan fingerprint density at radius 2 is 2.00 bits per heavy atom. The van der Waals surface area contributed by atoms with Crippen LogP contribution in [0, 0.1) is 20.8 Å². The minimum absolute atomic E-state index is 0.0324. The Kier molecular flexibility index (Phi) is 3.35. The SMILES string of the molecule is Cc1ccc(-n2nc(C)c(CO)c2C)cc1Br. The number of benzene rings is 1. The molecule has 17 heavy (non-hydrogen) atoms. The molecule has 0 saturated carbocycles. The summed E-state index contributed by atoms with van der Waals surface area (Å²) in [6.45, 7) is 5.97. The summed E-state index contributed by atoms with van der Waals surface area (Å²) in [4.78, 5) is 0. The monoisotopic (exact) mass is 294 g/mol. The molecule has 0 unspecified atom stereocenters. The van der Waals surface area contributed by atoms with Gasteiger partial charge in [-0.15, -0.1) is 0 Å². The number of hydrogen-bond donors (Lipinski definition) is 1. The van der Waals surface area contributed by atoms with Crippen LogP contribution in [-0.2, 0) is 6.61 Å². The number of nitrogens with zero attached hydrogens (tertiary/aromatic N) is 2. The van der Waals surface area contributed by atoms with Crippen molar-refractivity contribution in [2.24, 2.45) is 0 Å². The number of aryl methyl sites for hydroxylation is 2. The standard InChI is InChI=1S/C13H15BrN2O/c1-8-4-5-11(6-13(8)14)16-10(3)12(7-17)9(2)15-16/h4-6,17H,7H2,1-3H3. The molecule has 4 heteroatoms. The average molecular weight is 295 g/mol. The molecule has 0 fully saturated rings. The van der Waals surface area contributed by atoms with E-state index in [4.69, 9.17) is 0 Å². The summed E-state index contributed by atoms with van der Waals surface area (Å²) in [5.74, 6) is 0. The van der Waals surface area contributed by atoms with E-state index >= 15 is 0 Å². The molecule has 0 spiro atoms. The molecule has 0 atom stereocenters. The predicted molar refractivity (Wildman–Crippen MR) is 71.4 cm³/mol. The number of rotatable bonds is 2. The van der Waals surface area contributed by atoms with Crippen LogP contribution in [0.4, 0.5) is 0 Å². The van der Waals surface area contributed by atoms with Crippen LogP contribution in [-0.4, -0.2) is 14.9 Å². The van der Waals surface area contributed by atoms with Crippen molar-refractivity contribution in [3.8, 4) is 5.69 Å². The number of aliphatic hydroxyl groups excluding tert-OH is 1. The Bertz CT molecular complexity index is 561. The molecular formula is C13H15BrN2O. The van der Waals surface area contributed by atoms with Gasteiger partial charge in [0, 0.05) is 15.7 Å². The minimum atomic E-state index is 0.0324. The molecule has 0 amide bonds. The summed E-state index contributed by atoms with van der Waals surface area (Å²) in [5, 5.41) is 13.8. The number of aromatic nitrogens is 2. The molecule has 1 aromatic carbocycles. The number of aliphatic hydroxyl groups is 1. The first-order valence-electron chi connectivity index (χ1n) is 5.47. The lowest BCUT2D eigenvalue weighted by Crippen LogP contribution is -2.00. The van der Waals surface area contributed by atoms with Crippen LogP contribution in [0.1, 0.15) is 22.5 Å². The topological polar surface area (TPSA) is 38.0 Å². The molecule has 0 bridgehead atoms. The zero-order valence-electron chi connectivity index (χ0n) is 10.2. The molecule has 1 heterocycles. The summed E-state index contributed by atoms with van der Waals surface area (Å²) in [7, 11) is 0. The van der Waals surface area contributed by atoms with E-state index < -0.39 is 0 Å². The van der Waals surface area contributed by atoms with Crippen molar-refractivity contribution >= 4 is 15.9 Å². The van der Waals surface area contributed by atoms with Crippen molar-refractivity contribution in [3.05, 3.63) is 45.2 Å². The maximum Gasteiger partial charge on any atom is 0.0718 e. The van der Waals surface area contributed by atoms with Crippen molar-refractivity contribution in [3.63, 3.8) is 0 Å². The molecule has 3 nitrogen and oxygen atoms in total. The van der Waals surface area contributed by atoms with E-state index in [1.54, 1.807) is 0 Å². The average Bonchev–Trinajstić information content (AvgIpc) is 2.58. The first-order chi connectivity index (χ1) is 8.04. The van der Waals surface area contributed by atoms with Gasteiger partial charge in [0.05, 0.1) is 18.0 Å². The highest BCUT2D eigenvalue weighted by atomic mass is 79.9. The van der Waals surface area contributed by atoms with Gasteiger partial charge in [-0.3, -0.25) is 0 Å². The van der Waals surface area contributed by atoms with Gasteiger partial charge in [-0.25, -0.2) is 4.68 Å². The van der Waals surface area contributed by atoms with Gasteiger partial charge in [0.25, 0.3) is 0 Å². The second-order valence-corrected chi connectivity index (χ2v) is 5.01. The van der Waals surface area contributed by atoms with Crippen LogP contribution in [0.2, 0.25) is 0 Å². The molecule has 0 aliphatic heterocycles. The van der Waals surface area contributed by atoms with Gasteiger partial charge in [-0.05, 0) is 38.5 Å². The molecule has 1 N–H and O–H groups in total. The van der Waals surface area contributed by atoms with Crippen LogP contribution >= 0.6 is 15.9 Å². The molecule has 0 aliphatic rings. The van der Waals surface area contributed by atoms with E-state index in [0.29, 0.717) is 0 Å². The van der Waals surface area contributed by atoms with Crippen LogP contribution in [0.25, 0.3) is 5.69 Å². The zero-order valence-corrected chi connectivity index (χ0v) is 11.7. The van der Waals surface area contributed by atoms with Gasteiger partial charge >= 0.3 is 0 Å². The largest absolute Gasteiger partial charge is 0.392 e. The third kappa shape index (κ3) is 2.15. The third-order valence-corrected chi connectivity index (χ3v) is 3.85. The Morgan fingerprint density at radius 1 is 1.29 bits per heavy atom. The summed E-state index contributed by atoms with van der Waals surface area (Å²) in [6, 6.07) is 6.12. The predicted octanol–water partition coefficient (Wildman–Crippen LogP) is 3.05. The number of halogens is 1. The van der Waals surface area contributed by atoms with E-state index in [0.717, 1.165) is 27.1 Å². The van der Waals surface area contributed by atoms with Gasteiger partial charge in [-0.1, -0.05) is 22.0 Å². The van der Waals surface area contributed by atoms with E-state index in [9.17, 15) is 5.11 Å². The highest BCUT2D eigenvalue weighted by Crippen LogP contribution is 2.23. The fourth-order valence-corrected chi connectivity index (χ4v) is 2.24. The second kappa shape index (κ2) is 4.63. The maximum absolute atomic E-state index is 9.30. The van der Waals surface area contributed by atoms with Crippen LogP contribution < -0.4 is 0 Å². The molecule has 90 valence electrons. The highest BCUT2D eigenvalue weighted by molar-refractivity contribution is 9.10. The molecule has 2 aromatic rings. The van der Waals surface area contributed by atoms with E-state index in [1.165, 1.54) is 5.56 Å². The van der Waals surface area contributed by atoms with Crippen LogP contribution in [0.15, 0.2) is 22.7 Å². The van der Waals surface area contributed by atoms with Crippen molar-refractivity contribution in [1.29, 1.82) is 0 Å². The first-order valence-corrected chi connectivity index (χ1v) is 6.26. The van der Waals surface area contributed by atoms with Crippen molar-refractivity contribution in [2.75, 3.05) is 0 Å². The van der Waals surface area contributed by atoms with Gasteiger partial charge in [-0.2, -0.15) is 5.10 Å². The quantitative estimate of drug-likeness (QED) is 0.924. The van der Waals surface area contributed by atoms with Gasteiger partial charge in [0.1, 0.15) is 0 Å². The van der Waals surface area contributed by atoms with Crippen molar-refractivity contribution in [1.82, 2.24) is 9.78 Å². The van der Waals surface area contributed by atoms with E-state index in [-0.39, 0.29) is 6.61 Å². The van der Waals surface area contributed by atoms with E-state index in [2.05, 4.69) is 27.1 Å². The van der Waals surface area contributed by atoms with Gasteiger partial charge in [0.2, 0.25) is 0 Å².